The molecule has 40 heavy (non-hydrogen) atoms. The summed E-state index contributed by atoms with van der Waals surface area (Å²) in [6.45, 7) is 1.23. The number of benzene rings is 3. The maximum absolute atomic E-state index is 11.0. The van der Waals surface area contributed by atoms with Gasteiger partial charge in [0, 0.05) is 11.6 Å². The van der Waals surface area contributed by atoms with Crippen LogP contribution in [-0.4, -0.2) is 40.3 Å². The lowest BCUT2D eigenvalue weighted by Gasteiger charge is -2.21. The molecule has 2 N–H and O–H groups in total. The third-order valence-electron chi connectivity index (χ3n) is 7.63. The van der Waals surface area contributed by atoms with Crippen molar-refractivity contribution < 1.29 is 33.7 Å². The van der Waals surface area contributed by atoms with Crippen molar-refractivity contribution in [3.63, 3.8) is 0 Å². The molecule has 4 aromatic rings. The molecule has 0 aliphatic heterocycles. The summed E-state index contributed by atoms with van der Waals surface area (Å²) in [5.74, 6) is -1.15. The Kier molecular flexibility index (Phi) is 8.84. The first-order valence-electron chi connectivity index (χ1n) is 14.1. The number of ether oxygens (including phenoxy) is 2. The summed E-state index contributed by atoms with van der Waals surface area (Å²) in [6, 6.07) is 17.8. The molecule has 1 fully saturated rings. The minimum Gasteiger partial charge on any atom is -0.494 e. The molecule has 0 radical (unpaired) electrons. The lowest BCUT2D eigenvalue weighted by molar-refractivity contribution is -0.154. The average Bonchev–Trinajstić information content (AvgIpc) is 3.39. The number of aliphatic carboxylic acids is 2. The molecule has 8 heteroatoms. The van der Waals surface area contributed by atoms with E-state index in [1.54, 1.807) is 0 Å². The first kappa shape index (κ1) is 27.5. The van der Waals surface area contributed by atoms with Crippen LogP contribution < -0.4 is 9.47 Å². The molecule has 8 nitrogen and oxygen atoms in total. The van der Waals surface area contributed by atoms with Gasteiger partial charge >= 0.3 is 11.9 Å². The van der Waals surface area contributed by atoms with Crippen LogP contribution in [0.3, 0.4) is 0 Å². The molecular formula is C32H35NO7. The number of unbranched alkanes of at least 4 members (excludes halogenated alkanes) is 2. The number of hydrogen-bond acceptors (Lipinski definition) is 6. The zero-order valence-corrected chi connectivity index (χ0v) is 22.5. The van der Waals surface area contributed by atoms with Crippen molar-refractivity contribution >= 4 is 33.8 Å². The highest BCUT2D eigenvalue weighted by Crippen LogP contribution is 2.31. The maximum atomic E-state index is 11.0. The molecule has 0 atom stereocenters. The molecule has 0 unspecified atom stereocenters. The lowest BCUT2D eigenvalue weighted by atomic mass is 9.90. The molecule has 1 aliphatic rings. The van der Waals surface area contributed by atoms with Crippen LogP contribution >= 0.6 is 0 Å². The van der Waals surface area contributed by atoms with E-state index in [1.807, 2.05) is 54.6 Å². The van der Waals surface area contributed by atoms with E-state index < -0.39 is 17.9 Å². The van der Waals surface area contributed by atoms with Crippen LogP contribution in [0.2, 0.25) is 0 Å². The predicted octanol–water partition coefficient (Wildman–Crippen LogP) is 7.33. The second kappa shape index (κ2) is 12.9. The fourth-order valence-electron chi connectivity index (χ4n) is 5.30. The molecule has 1 aliphatic carbocycles. The smallest absolute Gasteiger partial charge is 0.317 e. The standard InChI is InChI=1S/C32H35NO7/c34-31(35)27(32(36)37)9-5-2-6-16-38-25-13-12-22-17-24(11-10-23(22)18-25)30-33-28-15-14-26(19-29(28)40-30)39-20-21-7-3-1-4-8-21/h10-15,17-19,21,27H,1-9,16,20H2,(H,34,35)(H,36,37). The first-order chi connectivity index (χ1) is 19.5. The number of carboxylic acids is 2. The highest BCUT2D eigenvalue weighted by molar-refractivity contribution is 5.92. The highest BCUT2D eigenvalue weighted by Gasteiger charge is 2.24. The van der Waals surface area contributed by atoms with E-state index in [0.717, 1.165) is 40.0 Å². The van der Waals surface area contributed by atoms with Gasteiger partial charge in [-0.3, -0.25) is 9.59 Å². The Hall–Kier alpha value is -4.07. The number of fused-ring (bicyclic) bond motifs is 2. The van der Waals surface area contributed by atoms with Crippen LogP contribution in [0.1, 0.15) is 57.8 Å². The molecular weight excluding hydrogens is 510 g/mol. The number of oxazole rings is 1. The van der Waals surface area contributed by atoms with E-state index in [4.69, 9.17) is 24.1 Å². The second-order valence-electron chi connectivity index (χ2n) is 10.6. The van der Waals surface area contributed by atoms with Crippen molar-refractivity contribution in [2.75, 3.05) is 13.2 Å². The zero-order valence-electron chi connectivity index (χ0n) is 22.5. The maximum Gasteiger partial charge on any atom is 0.317 e. The largest absolute Gasteiger partial charge is 0.494 e. The topological polar surface area (TPSA) is 119 Å². The molecule has 3 aromatic carbocycles. The molecule has 1 heterocycles. The summed E-state index contributed by atoms with van der Waals surface area (Å²) in [5, 5.41) is 20.0. The summed E-state index contributed by atoms with van der Waals surface area (Å²) in [5.41, 5.74) is 2.40. The van der Waals surface area contributed by atoms with E-state index in [9.17, 15) is 9.59 Å². The first-order valence-corrected chi connectivity index (χ1v) is 14.1. The summed E-state index contributed by atoms with van der Waals surface area (Å²) < 4.78 is 18.0. The minimum atomic E-state index is -1.34. The van der Waals surface area contributed by atoms with Crippen molar-refractivity contribution in [1.29, 1.82) is 0 Å². The Balaban J connectivity index is 1.16. The lowest BCUT2D eigenvalue weighted by Crippen LogP contribution is -2.23. The quantitative estimate of drug-likeness (QED) is 0.132. The number of nitrogens with zero attached hydrogens (tertiary/aromatic N) is 1. The second-order valence-corrected chi connectivity index (χ2v) is 10.6. The van der Waals surface area contributed by atoms with E-state index in [1.165, 1.54) is 32.1 Å². The number of rotatable bonds is 13. The molecule has 1 saturated carbocycles. The van der Waals surface area contributed by atoms with Gasteiger partial charge in [-0.1, -0.05) is 44.2 Å². The molecule has 0 saturated heterocycles. The fraction of sp³-hybridized carbons (Fsp3) is 0.406. The highest BCUT2D eigenvalue weighted by atomic mass is 16.5. The van der Waals surface area contributed by atoms with Gasteiger partial charge in [0.1, 0.15) is 17.0 Å². The van der Waals surface area contributed by atoms with Gasteiger partial charge in [-0.05, 0) is 78.8 Å². The Morgan fingerprint density at radius 1 is 0.850 bits per heavy atom. The molecule has 0 bridgehead atoms. The molecule has 1 aromatic heterocycles. The van der Waals surface area contributed by atoms with E-state index in [2.05, 4.69) is 4.98 Å². The summed E-state index contributed by atoms with van der Waals surface area (Å²) >= 11 is 0. The normalized spacial score (nSPS) is 14.1. The number of hydrogen-bond donors (Lipinski definition) is 2. The van der Waals surface area contributed by atoms with Crippen LogP contribution in [0.15, 0.2) is 59.0 Å². The van der Waals surface area contributed by atoms with Crippen LogP contribution in [0.4, 0.5) is 0 Å². The Labute approximate surface area is 232 Å². The summed E-state index contributed by atoms with van der Waals surface area (Å²) in [7, 11) is 0. The summed E-state index contributed by atoms with van der Waals surface area (Å²) in [4.78, 5) is 26.6. The van der Waals surface area contributed by atoms with Crippen molar-refractivity contribution in [2.24, 2.45) is 11.8 Å². The zero-order chi connectivity index (χ0) is 27.9. The predicted molar refractivity (Wildman–Crippen MR) is 152 cm³/mol. The molecule has 210 valence electrons. The third-order valence-corrected chi connectivity index (χ3v) is 7.63. The van der Waals surface area contributed by atoms with Gasteiger partial charge in [-0.2, -0.15) is 0 Å². The van der Waals surface area contributed by atoms with Gasteiger partial charge in [0.25, 0.3) is 0 Å². The van der Waals surface area contributed by atoms with E-state index in [0.29, 0.717) is 43.3 Å². The molecule has 0 spiro atoms. The molecule has 5 rings (SSSR count). The van der Waals surface area contributed by atoms with Crippen LogP contribution in [0.5, 0.6) is 11.5 Å². The van der Waals surface area contributed by atoms with Crippen molar-refractivity contribution in [2.45, 2.75) is 57.8 Å². The van der Waals surface area contributed by atoms with E-state index >= 15 is 0 Å². The van der Waals surface area contributed by atoms with Gasteiger partial charge in [0.2, 0.25) is 5.89 Å². The molecule has 0 amide bonds. The Bertz CT molecular complexity index is 1460. The number of carbonyl (C=O) groups is 2. The van der Waals surface area contributed by atoms with Crippen LogP contribution in [0.25, 0.3) is 33.3 Å². The van der Waals surface area contributed by atoms with E-state index in [-0.39, 0.29) is 6.42 Å². The average molecular weight is 546 g/mol. The Morgan fingerprint density at radius 3 is 2.38 bits per heavy atom. The van der Waals surface area contributed by atoms with Crippen molar-refractivity contribution in [3.8, 4) is 23.0 Å². The third kappa shape index (κ3) is 6.92. The van der Waals surface area contributed by atoms with Gasteiger partial charge in [-0.15, -0.1) is 0 Å². The monoisotopic (exact) mass is 545 g/mol. The van der Waals surface area contributed by atoms with Gasteiger partial charge in [0.05, 0.1) is 13.2 Å². The van der Waals surface area contributed by atoms with Crippen LogP contribution in [-0.2, 0) is 9.59 Å². The van der Waals surface area contributed by atoms with Crippen LogP contribution in [0, 0.1) is 11.8 Å². The van der Waals surface area contributed by atoms with Gasteiger partial charge in [0.15, 0.2) is 11.5 Å². The number of aromatic nitrogens is 1. The van der Waals surface area contributed by atoms with Crippen molar-refractivity contribution in [1.82, 2.24) is 4.98 Å². The SMILES string of the molecule is O=C(O)C(CCCCCOc1ccc2cc(-c3nc4ccc(OCC5CCCCC5)cc4o3)ccc2c1)C(=O)O. The van der Waals surface area contributed by atoms with Gasteiger partial charge in [-0.25, -0.2) is 4.98 Å². The summed E-state index contributed by atoms with van der Waals surface area (Å²) in [6.07, 6.45) is 8.50. The minimum absolute atomic E-state index is 0.123. The fourth-order valence-corrected chi connectivity index (χ4v) is 5.30. The van der Waals surface area contributed by atoms with Crippen molar-refractivity contribution in [3.05, 3.63) is 54.6 Å². The Morgan fingerprint density at radius 2 is 1.57 bits per heavy atom. The van der Waals surface area contributed by atoms with Gasteiger partial charge < -0.3 is 24.1 Å². The number of carboxylic acid groups (broad SMARTS) is 2.